The van der Waals surface area contributed by atoms with Gasteiger partial charge in [0.05, 0.1) is 0 Å². The molecular weight excluding hydrogens is 290 g/mol. The highest BCUT2D eigenvalue weighted by molar-refractivity contribution is 8.13. The Morgan fingerprint density at radius 3 is 2.58 bits per heavy atom. The maximum absolute atomic E-state index is 11.6. The quantitative estimate of drug-likeness (QED) is 0.883. The standard InChI is InChI=1S/C12H12ClNO4S/c1-3-8-6-9(7(2)14-12(8)15)10-4-5-11(18-10)19(13,16)17/h4-6H,3H2,1-2H3,(H,14,15). The van der Waals surface area contributed by atoms with E-state index >= 15 is 0 Å². The third-order valence-electron chi connectivity index (χ3n) is 2.78. The first kappa shape index (κ1) is 13.9. The molecule has 2 heterocycles. The van der Waals surface area contributed by atoms with Crippen LogP contribution in [-0.4, -0.2) is 13.4 Å². The number of hydrogen-bond acceptors (Lipinski definition) is 4. The van der Waals surface area contributed by atoms with Crippen LogP contribution in [0.15, 0.2) is 32.5 Å². The molecular formula is C12H12ClNO4S. The summed E-state index contributed by atoms with van der Waals surface area (Å²) in [6.45, 7) is 3.58. The van der Waals surface area contributed by atoms with Crippen molar-refractivity contribution < 1.29 is 12.8 Å². The minimum atomic E-state index is -3.89. The van der Waals surface area contributed by atoms with Crippen LogP contribution in [0, 0.1) is 6.92 Å². The molecule has 0 saturated heterocycles. The molecule has 0 aliphatic carbocycles. The monoisotopic (exact) mass is 301 g/mol. The molecule has 0 fully saturated rings. The minimum Gasteiger partial charge on any atom is -0.443 e. The SMILES string of the molecule is CCc1cc(-c2ccc(S(=O)(=O)Cl)o2)c(C)[nH]c1=O. The van der Waals surface area contributed by atoms with Crippen molar-refractivity contribution in [3.8, 4) is 11.3 Å². The molecule has 0 aliphatic rings. The van der Waals surface area contributed by atoms with Crippen LogP contribution in [0.1, 0.15) is 18.2 Å². The lowest BCUT2D eigenvalue weighted by atomic mass is 10.1. The molecule has 102 valence electrons. The number of aryl methyl sites for hydroxylation is 2. The van der Waals surface area contributed by atoms with E-state index in [4.69, 9.17) is 15.1 Å². The van der Waals surface area contributed by atoms with Crippen molar-refractivity contribution in [3.63, 3.8) is 0 Å². The van der Waals surface area contributed by atoms with E-state index in [2.05, 4.69) is 4.98 Å². The van der Waals surface area contributed by atoms with Crippen LogP contribution >= 0.6 is 10.7 Å². The first-order chi connectivity index (χ1) is 8.82. The molecule has 0 spiro atoms. The lowest BCUT2D eigenvalue weighted by Crippen LogP contribution is -2.13. The largest absolute Gasteiger partial charge is 0.443 e. The first-order valence-corrected chi connectivity index (χ1v) is 7.91. The molecule has 2 aromatic rings. The van der Waals surface area contributed by atoms with E-state index in [0.717, 1.165) is 0 Å². The molecule has 0 amide bonds. The van der Waals surface area contributed by atoms with Crippen LogP contribution < -0.4 is 5.56 Å². The lowest BCUT2D eigenvalue weighted by molar-refractivity contribution is 0.466. The van der Waals surface area contributed by atoms with Gasteiger partial charge in [-0.25, -0.2) is 8.42 Å². The van der Waals surface area contributed by atoms with Gasteiger partial charge in [-0.1, -0.05) is 6.92 Å². The third kappa shape index (κ3) is 2.74. The molecule has 0 radical (unpaired) electrons. The second-order valence-corrected chi connectivity index (χ2v) is 6.57. The van der Waals surface area contributed by atoms with Gasteiger partial charge >= 0.3 is 0 Å². The lowest BCUT2D eigenvalue weighted by Gasteiger charge is -2.04. The van der Waals surface area contributed by atoms with Crippen molar-refractivity contribution in [2.75, 3.05) is 0 Å². The molecule has 2 aromatic heterocycles. The van der Waals surface area contributed by atoms with Crippen molar-refractivity contribution in [1.29, 1.82) is 0 Å². The Morgan fingerprint density at radius 1 is 1.37 bits per heavy atom. The minimum absolute atomic E-state index is 0.152. The third-order valence-corrected chi connectivity index (χ3v) is 3.94. The van der Waals surface area contributed by atoms with E-state index in [1.165, 1.54) is 12.1 Å². The number of furan rings is 1. The summed E-state index contributed by atoms with van der Waals surface area (Å²) >= 11 is 0. The summed E-state index contributed by atoms with van der Waals surface area (Å²) < 4.78 is 27.5. The smallest absolute Gasteiger partial charge is 0.294 e. The van der Waals surface area contributed by atoms with Crippen LogP contribution in [0.2, 0.25) is 0 Å². The maximum Gasteiger partial charge on any atom is 0.294 e. The zero-order chi connectivity index (χ0) is 14.2. The van der Waals surface area contributed by atoms with Gasteiger partial charge in [0.2, 0.25) is 5.09 Å². The molecule has 0 atom stereocenters. The van der Waals surface area contributed by atoms with Gasteiger partial charge in [0.1, 0.15) is 5.76 Å². The van der Waals surface area contributed by atoms with Crippen LogP contribution in [0.4, 0.5) is 0 Å². The Labute approximate surface area is 114 Å². The van der Waals surface area contributed by atoms with Gasteiger partial charge in [-0.05, 0) is 31.5 Å². The van der Waals surface area contributed by atoms with Crippen molar-refractivity contribution in [3.05, 3.63) is 39.8 Å². The Bertz CT molecular complexity index is 773. The highest BCUT2D eigenvalue weighted by Gasteiger charge is 2.17. The van der Waals surface area contributed by atoms with Crippen molar-refractivity contribution >= 4 is 19.7 Å². The summed E-state index contributed by atoms with van der Waals surface area (Å²) in [6, 6.07) is 4.49. The predicted octanol–water partition coefficient (Wildman–Crippen LogP) is 2.43. The van der Waals surface area contributed by atoms with Crippen LogP contribution in [-0.2, 0) is 15.5 Å². The fraction of sp³-hybridized carbons (Fsp3) is 0.250. The molecule has 2 rings (SSSR count). The number of H-pyrrole nitrogens is 1. The number of hydrogen-bond donors (Lipinski definition) is 1. The second-order valence-electron chi connectivity index (χ2n) is 4.07. The average Bonchev–Trinajstić information content (AvgIpc) is 2.78. The normalized spacial score (nSPS) is 11.7. The van der Waals surface area contributed by atoms with E-state index < -0.39 is 9.05 Å². The Balaban J connectivity index is 2.59. The van der Waals surface area contributed by atoms with Crippen LogP contribution in [0.5, 0.6) is 0 Å². The van der Waals surface area contributed by atoms with Gasteiger partial charge in [-0.3, -0.25) is 4.79 Å². The van der Waals surface area contributed by atoms with E-state index in [-0.39, 0.29) is 10.7 Å². The Kier molecular flexibility index (Phi) is 3.56. The van der Waals surface area contributed by atoms with E-state index in [1.807, 2.05) is 6.92 Å². The molecule has 0 bridgehead atoms. The van der Waals surface area contributed by atoms with Gasteiger partial charge in [-0.2, -0.15) is 0 Å². The zero-order valence-electron chi connectivity index (χ0n) is 10.4. The molecule has 5 nitrogen and oxygen atoms in total. The number of nitrogens with one attached hydrogen (secondary N) is 1. The number of pyridine rings is 1. The van der Waals surface area contributed by atoms with Crippen LogP contribution in [0.25, 0.3) is 11.3 Å². The Morgan fingerprint density at radius 2 is 2.05 bits per heavy atom. The fourth-order valence-electron chi connectivity index (χ4n) is 1.78. The molecule has 0 aromatic carbocycles. The first-order valence-electron chi connectivity index (χ1n) is 5.60. The average molecular weight is 302 g/mol. The molecule has 19 heavy (non-hydrogen) atoms. The summed E-state index contributed by atoms with van der Waals surface area (Å²) in [6.07, 6.45) is 0.573. The van der Waals surface area contributed by atoms with Gasteiger partial charge in [-0.15, -0.1) is 0 Å². The number of halogens is 1. The second kappa shape index (κ2) is 4.86. The molecule has 0 unspecified atom stereocenters. The van der Waals surface area contributed by atoms with E-state index in [1.54, 1.807) is 13.0 Å². The zero-order valence-corrected chi connectivity index (χ0v) is 11.9. The molecule has 1 N–H and O–H groups in total. The summed E-state index contributed by atoms with van der Waals surface area (Å²) in [7, 11) is 1.31. The summed E-state index contributed by atoms with van der Waals surface area (Å²) in [5, 5.41) is -0.312. The maximum atomic E-state index is 11.6. The summed E-state index contributed by atoms with van der Waals surface area (Å²) in [5.41, 5.74) is 1.70. The van der Waals surface area contributed by atoms with Crippen LogP contribution in [0.3, 0.4) is 0 Å². The number of aromatic nitrogens is 1. The van der Waals surface area contributed by atoms with Gasteiger partial charge < -0.3 is 9.40 Å². The summed E-state index contributed by atoms with van der Waals surface area (Å²) in [5.74, 6) is 0.350. The van der Waals surface area contributed by atoms with Gasteiger partial charge in [0.15, 0.2) is 0 Å². The topological polar surface area (TPSA) is 80.1 Å². The van der Waals surface area contributed by atoms with Crippen molar-refractivity contribution in [2.24, 2.45) is 0 Å². The Hall–Kier alpha value is -1.53. The van der Waals surface area contributed by atoms with Gasteiger partial charge in [0.25, 0.3) is 14.6 Å². The predicted molar refractivity (Wildman–Crippen MR) is 71.9 cm³/mol. The number of aromatic amines is 1. The molecule has 0 aliphatic heterocycles. The summed E-state index contributed by atoms with van der Waals surface area (Å²) in [4.78, 5) is 14.3. The van der Waals surface area contributed by atoms with E-state index in [0.29, 0.717) is 29.0 Å². The molecule has 0 saturated carbocycles. The molecule has 7 heteroatoms. The highest BCUT2D eigenvalue weighted by atomic mass is 35.7. The van der Waals surface area contributed by atoms with Gasteiger partial charge in [0, 0.05) is 27.5 Å². The van der Waals surface area contributed by atoms with Crippen molar-refractivity contribution in [1.82, 2.24) is 4.98 Å². The van der Waals surface area contributed by atoms with E-state index in [9.17, 15) is 13.2 Å². The highest BCUT2D eigenvalue weighted by Crippen LogP contribution is 2.27. The van der Waals surface area contributed by atoms with Crippen molar-refractivity contribution in [2.45, 2.75) is 25.4 Å². The fourth-order valence-corrected chi connectivity index (χ4v) is 2.45. The number of rotatable bonds is 3.